The van der Waals surface area contributed by atoms with E-state index in [9.17, 15) is 4.79 Å². The highest BCUT2D eigenvalue weighted by Crippen LogP contribution is 2.55. The Morgan fingerprint density at radius 3 is 2.74 bits per heavy atom. The number of halogens is 1. The zero-order valence-corrected chi connectivity index (χ0v) is 13.2. The van der Waals surface area contributed by atoms with E-state index in [1.165, 1.54) is 6.42 Å². The van der Waals surface area contributed by atoms with Crippen LogP contribution in [0.3, 0.4) is 0 Å². The Labute approximate surface area is 122 Å². The number of carbonyl (C=O) groups is 1. The number of carbonyl (C=O) groups excluding carboxylic acids is 1. The van der Waals surface area contributed by atoms with Gasteiger partial charge in [0, 0.05) is 10.7 Å². The predicted octanol–water partition coefficient (Wildman–Crippen LogP) is 3.93. The van der Waals surface area contributed by atoms with E-state index in [0.29, 0.717) is 17.9 Å². The van der Waals surface area contributed by atoms with Gasteiger partial charge in [0.15, 0.2) is 0 Å². The Hall–Kier alpha value is -0.900. The number of pyridine rings is 1. The molecule has 0 saturated heterocycles. The fraction of sp³-hybridized carbons (Fsp3) is 0.600. The van der Waals surface area contributed by atoms with Crippen LogP contribution in [-0.4, -0.2) is 17.6 Å². The molecule has 0 bridgehead atoms. The molecule has 2 atom stereocenters. The third-order valence-electron chi connectivity index (χ3n) is 3.92. The molecule has 0 radical (unpaired) electrons. The molecule has 1 fully saturated rings. The highest BCUT2D eigenvalue weighted by Gasteiger charge is 2.47. The molecule has 19 heavy (non-hydrogen) atoms. The first kappa shape index (κ1) is 14.5. The molecule has 1 aromatic heterocycles. The first-order valence-corrected chi connectivity index (χ1v) is 7.51. The van der Waals surface area contributed by atoms with Crippen LogP contribution in [0, 0.1) is 11.3 Å². The molecule has 0 aromatic carbocycles. The number of nitrogens with zero attached hydrogens (tertiary/aromatic N) is 1. The van der Waals surface area contributed by atoms with E-state index >= 15 is 0 Å². The lowest BCUT2D eigenvalue weighted by Gasteiger charge is -2.16. The zero-order valence-electron chi connectivity index (χ0n) is 11.6. The van der Waals surface area contributed by atoms with Gasteiger partial charge in [0.1, 0.15) is 0 Å². The molecule has 2 unspecified atom stereocenters. The summed E-state index contributed by atoms with van der Waals surface area (Å²) in [5.74, 6) is 0.201. The quantitative estimate of drug-likeness (QED) is 0.770. The van der Waals surface area contributed by atoms with Crippen LogP contribution in [0.4, 0.5) is 0 Å². The van der Waals surface area contributed by atoms with Crippen molar-refractivity contribution in [1.29, 1.82) is 0 Å². The van der Waals surface area contributed by atoms with E-state index in [0.717, 1.165) is 16.6 Å². The van der Waals surface area contributed by atoms with Crippen LogP contribution in [-0.2, 0) is 9.53 Å². The van der Waals surface area contributed by atoms with Crippen molar-refractivity contribution in [2.75, 3.05) is 6.61 Å². The SMILES string of the molecule is CCOC(=O)C(CC1CC1(C)C)c1ccc(Br)cn1. The molecule has 1 aliphatic rings. The summed E-state index contributed by atoms with van der Waals surface area (Å²) >= 11 is 3.36. The normalized spacial score (nSPS) is 21.8. The van der Waals surface area contributed by atoms with Gasteiger partial charge in [-0.15, -0.1) is 0 Å². The van der Waals surface area contributed by atoms with Crippen LogP contribution >= 0.6 is 15.9 Å². The van der Waals surface area contributed by atoms with Gasteiger partial charge in [0.2, 0.25) is 0 Å². The van der Waals surface area contributed by atoms with E-state index in [-0.39, 0.29) is 11.9 Å². The van der Waals surface area contributed by atoms with Crippen LogP contribution in [0.15, 0.2) is 22.8 Å². The van der Waals surface area contributed by atoms with E-state index in [2.05, 4.69) is 34.8 Å². The molecule has 4 heteroatoms. The maximum Gasteiger partial charge on any atom is 0.315 e. The molecule has 104 valence electrons. The number of aromatic nitrogens is 1. The minimum Gasteiger partial charge on any atom is -0.465 e. The third-order valence-corrected chi connectivity index (χ3v) is 4.39. The van der Waals surface area contributed by atoms with Crippen molar-refractivity contribution in [1.82, 2.24) is 4.98 Å². The van der Waals surface area contributed by atoms with Gasteiger partial charge in [-0.05, 0) is 59.2 Å². The van der Waals surface area contributed by atoms with Crippen LogP contribution in [0.5, 0.6) is 0 Å². The van der Waals surface area contributed by atoms with Gasteiger partial charge in [-0.2, -0.15) is 0 Å². The van der Waals surface area contributed by atoms with Crippen molar-refractivity contribution in [2.24, 2.45) is 11.3 Å². The second kappa shape index (κ2) is 5.61. The van der Waals surface area contributed by atoms with Crippen molar-refractivity contribution in [2.45, 2.75) is 39.5 Å². The first-order chi connectivity index (χ1) is 8.94. The molecule has 2 rings (SSSR count). The average molecular weight is 326 g/mol. The first-order valence-electron chi connectivity index (χ1n) is 6.72. The standard InChI is InChI=1S/C15H20BrNO2/c1-4-19-14(18)12(7-10-8-15(10,2)3)13-6-5-11(16)9-17-13/h5-6,9-10,12H,4,7-8H2,1-3H3. The van der Waals surface area contributed by atoms with E-state index in [1.54, 1.807) is 6.20 Å². The third kappa shape index (κ3) is 3.56. The maximum atomic E-state index is 12.1. The molecular weight excluding hydrogens is 306 g/mol. The Morgan fingerprint density at radius 1 is 1.58 bits per heavy atom. The molecule has 0 N–H and O–H groups in total. The molecule has 0 amide bonds. The minimum atomic E-state index is -0.236. The van der Waals surface area contributed by atoms with Crippen molar-refractivity contribution >= 4 is 21.9 Å². The van der Waals surface area contributed by atoms with Crippen molar-refractivity contribution in [3.8, 4) is 0 Å². The smallest absolute Gasteiger partial charge is 0.315 e. The van der Waals surface area contributed by atoms with E-state index in [4.69, 9.17) is 4.74 Å². The van der Waals surface area contributed by atoms with E-state index in [1.807, 2.05) is 19.1 Å². The van der Waals surface area contributed by atoms with Crippen molar-refractivity contribution in [3.05, 3.63) is 28.5 Å². The molecule has 0 aliphatic heterocycles. The Balaban J connectivity index is 2.14. The number of hydrogen-bond acceptors (Lipinski definition) is 3. The number of hydrogen-bond donors (Lipinski definition) is 0. The number of esters is 1. The summed E-state index contributed by atoms with van der Waals surface area (Å²) in [6, 6.07) is 3.83. The van der Waals surface area contributed by atoms with Crippen LogP contribution in [0.2, 0.25) is 0 Å². The van der Waals surface area contributed by atoms with Gasteiger partial charge < -0.3 is 4.74 Å². The van der Waals surface area contributed by atoms with Crippen molar-refractivity contribution in [3.63, 3.8) is 0 Å². The summed E-state index contributed by atoms with van der Waals surface area (Å²) in [5, 5.41) is 0. The van der Waals surface area contributed by atoms with E-state index < -0.39 is 0 Å². The zero-order chi connectivity index (χ0) is 14.0. The molecule has 1 aliphatic carbocycles. The summed E-state index contributed by atoms with van der Waals surface area (Å²) in [5.41, 5.74) is 1.17. The summed E-state index contributed by atoms with van der Waals surface area (Å²) in [4.78, 5) is 16.5. The summed E-state index contributed by atoms with van der Waals surface area (Å²) in [7, 11) is 0. The minimum absolute atomic E-state index is 0.153. The largest absolute Gasteiger partial charge is 0.465 e. The Bertz CT molecular complexity index is 456. The highest BCUT2D eigenvalue weighted by molar-refractivity contribution is 9.10. The Kier molecular flexibility index (Phi) is 4.29. The topological polar surface area (TPSA) is 39.2 Å². The number of ether oxygens (including phenoxy) is 1. The lowest BCUT2D eigenvalue weighted by atomic mass is 9.94. The molecule has 1 saturated carbocycles. The van der Waals surface area contributed by atoms with Gasteiger partial charge in [-0.25, -0.2) is 0 Å². The fourth-order valence-electron chi connectivity index (χ4n) is 2.44. The molecule has 3 nitrogen and oxygen atoms in total. The van der Waals surface area contributed by atoms with Gasteiger partial charge in [0.25, 0.3) is 0 Å². The predicted molar refractivity (Wildman–Crippen MR) is 77.8 cm³/mol. The van der Waals surface area contributed by atoms with Crippen LogP contribution in [0.25, 0.3) is 0 Å². The van der Waals surface area contributed by atoms with Crippen LogP contribution < -0.4 is 0 Å². The monoisotopic (exact) mass is 325 g/mol. The molecule has 0 spiro atoms. The van der Waals surface area contributed by atoms with Gasteiger partial charge in [-0.3, -0.25) is 9.78 Å². The number of rotatable bonds is 5. The molecular formula is C15H20BrNO2. The van der Waals surface area contributed by atoms with Gasteiger partial charge >= 0.3 is 5.97 Å². The fourth-order valence-corrected chi connectivity index (χ4v) is 2.67. The Morgan fingerprint density at radius 2 is 2.26 bits per heavy atom. The summed E-state index contributed by atoms with van der Waals surface area (Å²) in [6.07, 6.45) is 3.75. The summed E-state index contributed by atoms with van der Waals surface area (Å²) in [6.45, 7) is 6.74. The average Bonchev–Trinajstić information content (AvgIpc) is 2.95. The van der Waals surface area contributed by atoms with Gasteiger partial charge in [0.05, 0.1) is 18.2 Å². The molecule has 1 heterocycles. The second-order valence-electron chi connectivity index (χ2n) is 5.83. The van der Waals surface area contributed by atoms with Crippen molar-refractivity contribution < 1.29 is 9.53 Å². The lowest BCUT2D eigenvalue weighted by molar-refractivity contribution is -0.145. The second-order valence-corrected chi connectivity index (χ2v) is 6.75. The molecule has 1 aromatic rings. The van der Waals surface area contributed by atoms with Gasteiger partial charge in [-0.1, -0.05) is 13.8 Å². The maximum absolute atomic E-state index is 12.1. The highest BCUT2D eigenvalue weighted by atomic mass is 79.9. The summed E-state index contributed by atoms with van der Waals surface area (Å²) < 4.78 is 6.12. The lowest BCUT2D eigenvalue weighted by Crippen LogP contribution is -2.18. The van der Waals surface area contributed by atoms with Crippen LogP contribution in [0.1, 0.15) is 45.2 Å².